The maximum atomic E-state index is 4.35. The predicted molar refractivity (Wildman–Crippen MR) is 85.4 cm³/mol. The number of fused-ring (bicyclic) bond motifs is 1. The van der Waals surface area contributed by atoms with E-state index >= 15 is 0 Å². The van der Waals surface area contributed by atoms with Gasteiger partial charge in [-0.3, -0.25) is 0 Å². The van der Waals surface area contributed by atoms with Crippen LogP contribution in [0.1, 0.15) is 32.6 Å². The molecular weight excluding hydrogens is 268 g/mol. The first-order valence-electron chi connectivity index (χ1n) is 7.51. The van der Waals surface area contributed by atoms with Gasteiger partial charge in [0.05, 0.1) is 10.2 Å². The zero-order chi connectivity index (χ0) is 13.8. The van der Waals surface area contributed by atoms with Gasteiger partial charge in [-0.05, 0) is 44.2 Å². The van der Waals surface area contributed by atoms with Crippen LogP contribution < -0.4 is 5.32 Å². The first-order chi connectivity index (χ1) is 9.84. The molecule has 1 aliphatic heterocycles. The van der Waals surface area contributed by atoms with Gasteiger partial charge in [-0.15, -0.1) is 11.3 Å². The molecule has 0 aromatic carbocycles. The summed E-state index contributed by atoms with van der Waals surface area (Å²) >= 11 is 1.70. The van der Waals surface area contributed by atoms with Crippen LogP contribution in [0, 0.1) is 0 Å². The highest BCUT2D eigenvalue weighted by atomic mass is 32.1. The lowest BCUT2D eigenvalue weighted by Gasteiger charge is -2.33. The van der Waals surface area contributed by atoms with Gasteiger partial charge >= 0.3 is 0 Å². The number of piperidine rings is 1. The maximum absolute atomic E-state index is 4.35. The van der Waals surface area contributed by atoms with Gasteiger partial charge in [0.25, 0.3) is 0 Å². The molecule has 1 fully saturated rings. The summed E-state index contributed by atoms with van der Waals surface area (Å²) in [6.45, 7) is 5.79. The standard InChI is InChI=1S/C15H22N4S/c1-12-5-2-3-8-19(12)9-4-7-16-15-14-13(6-10-20-14)17-11-18-15/h6,10-12H,2-5,7-9H2,1H3,(H,16,17,18). The van der Waals surface area contributed by atoms with Crippen LogP contribution >= 0.6 is 11.3 Å². The zero-order valence-corrected chi connectivity index (χ0v) is 12.8. The first kappa shape index (κ1) is 13.8. The zero-order valence-electron chi connectivity index (χ0n) is 12.0. The minimum atomic E-state index is 0.756. The van der Waals surface area contributed by atoms with Crippen molar-refractivity contribution < 1.29 is 0 Å². The van der Waals surface area contributed by atoms with Crippen molar-refractivity contribution in [1.29, 1.82) is 0 Å². The second-order valence-electron chi connectivity index (χ2n) is 5.52. The van der Waals surface area contributed by atoms with Gasteiger partial charge in [0.2, 0.25) is 0 Å². The summed E-state index contributed by atoms with van der Waals surface area (Å²) in [6.07, 6.45) is 6.92. The summed E-state index contributed by atoms with van der Waals surface area (Å²) in [5, 5.41) is 5.53. The third kappa shape index (κ3) is 3.10. The van der Waals surface area contributed by atoms with E-state index in [2.05, 4.69) is 32.5 Å². The quantitative estimate of drug-likeness (QED) is 0.857. The fraction of sp³-hybridized carbons (Fsp3) is 0.600. The van der Waals surface area contributed by atoms with Crippen molar-refractivity contribution in [2.75, 3.05) is 25.0 Å². The van der Waals surface area contributed by atoms with Crippen LogP contribution in [0.25, 0.3) is 10.2 Å². The Morgan fingerprint density at radius 1 is 1.40 bits per heavy atom. The topological polar surface area (TPSA) is 41.0 Å². The smallest absolute Gasteiger partial charge is 0.147 e. The van der Waals surface area contributed by atoms with Gasteiger partial charge in [0.15, 0.2) is 0 Å². The first-order valence-corrected chi connectivity index (χ1v) is 8.38. The van der Waals surface area contributed by atoms with Crippen LogP contribution in [0.15, 0.2) is 17.8 Å². The Labute approximate surface area is 124 Å². The van der Waals surface area contributed by atoms with Crippen LogP contribution in [0.3, 0.4) is 0 Å². The number of likely N-dealkylation sites (tertiary alicyclic amines) is 1. The highest BCUT2D eigenvalue weighted by molar-refractivity contribution is 7.17. The van der Waals surface area contributed by atoms with E-state index in [9.17, 15) is 0 Å². The van der Waals surface area contributed by atoms with Crippen molar-refractivity contribution in [1.82, 2.24) is 14.9 Å². The summed E-state index contributed by atoms with van der Waals surface area (Å²) in [7, 11) is 0. The second-order valence-corrected chi connectivity index (χ2v) is 6.43. The molecule has 5 heteroatoms. The number of anilines is 1. The molecule has 2 aromatic heterocycles. The molecule has 1 atom stereocenters. The van der Waals surface area contributed by atoms with Crippen LogP contribution in [0.4, 0.5) is 5.82 Å². The molecule has 0 amide bonds. The van der Waals surface area contributed by atoms with E-state index in [1.165, 1.54) is 43.5 Å². The van der Waals surface area contributed by atoms with Gasteiger partial charge in [0.1, 0.15) is 12.1 Å². The van der Waals surface area contributed by atoms with E-state index in [4.69, 9.17) is 0 Å². The average molecular weight is 290 g/mol. The van der Waals surface area contributed by atoms with Crippen molar-refractivity contribution in [2.24, 2.45) is 0 Å². The maximum Gasteiger partial charge on any atom is 0.147 e. The number of aromatic nitrogens is 2. The van der Waals surface area contributed by atoms with Crippen LogP contribution in [-0.4, -0.2) is 40.5 Å². The summed E-state index contributed by atoms with van der Waals surface area (Å²) in [4.78, 5) is 11.2. The molecule has 4 nitrogen and oxygen atoms in total. The monoisotopic (exact) mass is 290 g/mol. The molecule has 1 aliphatic rings. The lowest BCUT2D eigenvalue weighted by atomic mass is 10.0. The average Bonchev–Trinajstić information content (AvgIpc) is 2.94. The van der Waals surface area contributed by atoms with Gasteiger partial charge in [-0.25, -0.2) is 9.97 Å². The fourth-order valence-corrected chi connectivity index (χ4v) is 3.70. The second kappa shape index (κ2) is 6.50. The summed E-state index contributed by atoms with van der Waals surface area (Å²) in [5.74, 6) is 0.983. The fourth-order valence-electron chi connectivity index (χ4n) is 2.89. The molecule has 0 aliphatic carbocycles. The van der Waals surface area contributed by atoms with Crippen LogP contribution in [-0.2, 0) is 0 Å². The molecule has 0 radical (unpaired) electrons. The van der Waals surface area contributed by atoms with Crippen molar-refractivity contribution in [3.63, 3.8) is 0 Å². The van der Waals surface area contributed by atoms with Gasteiger partial charge in [-0.1, -0.05) is 6.42 Å². The number of nitrogens with one attached hydrogen (secondary N) is 1. The molecule has 1 unspecified atom stereocenters. The SMILES string of the molecule is CC1CCCCN1CCCNc1ncnc2ccsc12. The number of thiophene rings is 1. The molecule has 0 spiro atoms. The van der Waals surface area contributed by atoms with E-state index in [0.717, 1.165) is 23.9 Å². The van der Waals surface area contributed by atoms with E-state index in [-0.39, 0.29) is 0 Å². The summed E-state index contributed by atoms with van der Waals surface area (Å²) in [6, 6.07) is 2.80. The highest BCUT2D eigenvalue weighted by Gasteiger charge is 2.17. The Morgan fingerprint density at radius 2 is 2.35 bits per heavy atom. The van der Waals surface area contributed by atoms with E-state index in [1.54, 1.807) is 17.7 Å². The summed E-state index contributed by atoms with van der Waals surface area (Å²) < 4.78 is 1.17. The molecule has 108 valence electrons. The number of nitrogens with zero attached hydrogens (tertiary/aromatic N) is 3. The van der Waals surface area contributed by atoms with Crippen molar-refractivity contribution in [2.45, 2.75) is 38.6 Å². The van der Waals surface area contributed by atoms with Crippen LogP contribution in [0.2, 0.25) is 0 Å². The number of hydrogen-bond acceptors (Lipinski definition) is 5. The Balaban J connectivity index is 1.49. The molecule has 2 aromatic rings. The Kier molecular flexibility index (Phi) is 4.47. The molecule has 3 rings (SSSR count). The minimum absolute atomic E-state index is 0.756. The largest absolute Gasteiger partial charge is 0.369 e. The lowest BCUT2D eigenvalue weighted by molar-refractivity contribution is 0.160. The van der Waals surface area contributed by atoms with E-state index < -0.39 is 0 Å². The Bertz CT molecular complexity index is 554. The third-order valence-corrected chi connectivity index (χ3v) is 5.01. The highest BCUT2D eigenvalue weighted by Crippen LogP contribution is 2.24. The number of hydrogen-bond donors (Lipinski definition) is 1. The van der Waals surface area contributed by atoms with E-state index in [0.29, 0.717) is 0 Å². The van der Waals surface area contributed by atoms with Crippen molar-refractivity contribution in [3.8, 4) is 0 Å². The normalized spacial score (nSPS) is 20.4. The lowest BCUT2D eigenvalue weighted by Crippen LogP contribution is -2.38. The predicted octanol–water partition coefficient (Wildman–Crippen LogP) is 3.37. The van der Waals surface area contributed by atoms with Gasteiger partial charge < -0.3 is 10.2 Å². The van der Waals surface area contributed by atoms with Crippen LogP contribution in [0.5, 0.6) is 0 Å². The molecule has 3 heterocycles. The minimum Gasteiger partial charge on any atom is -0.369 e. The molecule has 0 saturated carbocycles. The molecular formula is C15H22N4S. The molecule has 20 heavy (non-hydrogen) atoms. The molecule has 1 N–H and O–H groups in total. The van der Waals surface area contributed by atoms with E-state index in [1.807, 2.05) is 6.07 Å². The Hall–Kier alpha value is -1.20. The molecule has 1 saturated heterocycles. The third-order valence-electron chi connectivity index (χ3n) is 4.10. The number of rotatable bonds is 5. The van der Waals surface area contributed by atoms with Crippen molar-refractivity contribution >= 4 is 27.4 Å². The van der Waals surface area contributed by atoms with Gasteiger partial charge in [0, 0.05) is 19.1 Å². The molecule has 0 bridgehead atoms. The van der Waals surface area contributed by atoms with Gasteiger partial charge in [-0.2, -0.15) is 0 Å². The summed E-state index contributed by atoms with van der Waals surface area (Å²) in [5.41, 5.74) is 1.04. The van der Waals surface area contributed by atoms with Crippen molar-refractivity contribution in [3.05, 3.63) is 17.8 Å². The Morgan fingerprint density at radius 3 is 3.25 bits per heavy atom.